The highest BCUT2D eigenvalue weighted by Gasteiger charge is 2.44. The van der Waals surface area contributed by atoms with Gasteiger partial charge in [0.2, 0.25) is 5.91 Å². The Bertz CT molecular complexity index is 925. The Morgan fingerprint density at radius 1 is 1.10 bits per heavy atom. The molecule has 31 heavy (non-hydrogen) atoms. The average Bonchev–Trinajstić information content (AvgIpc) is 3.08. The number of hydrogen-bond acceptors (Lipinski definition) is 4. The number of hydrogen-bond donors (Lipinski definition) is 2. The molecular weight excluding hydrogens is 408 g/mol. The zero-order valence-corrected chi connectivity index (χ0v) is 19.1. The number of halogens is 1. The van der Waals surface area contributed by atoms with E-state index in [1.54, 1.807) is 0 Å². The van der Waals surface area contributed by atoms with Gasteiger partial charge < -0.3 is 16.0 Å². The fourth-order valence-corrected chi connectivity index (χ4v) is 5.35. The van der Waals surface area contributed by atoms with Crippen LogP contribution in [-0.4, -0.2) is 43.5 Å². The maximum Gasteiger partial charge on any atom is 0.235 e. The number of unbranched alkanes of at least 4 members (excludes halogenated alkanes) is 1. The minimum absolute atomic E-state index is 0.170. The van der Waals surface area contributed by atoms with E-state index < -0.39 is 0 Å². The molecule has 0 spiro atoms. The van der Waals surface area contributed by atoms with E-state index in [-0.39, 0.29) is 11.3 Å². The third kappa shape index (κ3) is 4.45. The molecule has 2 aromatic rings. The second kappa shape index (κ2) is 9.60. The van der Waals surface area contributed by atoms with Crippen molar-refractivity contribution in [3.63, 3.8) is 0 Å². The minimum Gasteiger partial charge on any atom is -0.369 e. The van der Waals surface area contributed by atoms with Crippen LogP contribution in [0.3, 0.4) is 0 Å². The van der Waals surface area contributed by atoms with Crippen molar-refractivity contribution in [2.24, 2.45) is 5.73 Å². The number of nitrogens with one attached hydrogen (secondary N) is 1. The Morgan fingerprint density at radius 3 is 2.61 bits per heavy atom. The first-order valence-electron chi connectivity index (χ1n) is 11.4. The molecule has 0 saturated carbocycles. The normalized spacial score (nSPS) is 21.3. The van der Waals surface area contributed by atoms with Crippen molar-refractivity contribution in [2.45, 2.75) is 44.6 Å². The molecule has 1 fully saturated rings. The molecule has 4 rings (SSSR count). The Labute approximate surface area is 190 Å². The highest BCUT2D eigenvalue weighted by molar-refractivity contribution is 6.30. The van der Waals surface area contributed by atoms with Crippen molar-refractivity contribution in [1.82, 2.24) is 4.90 Å². The SMILES string of the molecule is CCC1(CCCCN2CCN(c3ccc(Cl)cc3CN)CC2)C(=O)Nc2ccccc21. The molecule has 0 bridgehead atoms. The number of piperazine rings is 1. The van der Waals surface area contributed by atoms with Gasteiger partial charge in [-0.3, -0.25) is 9.69 Å². The summed E-state index contributed by atoms with van der Waals surface area (Å²) in [6.07, 6.45) is 3.94. The fourth-order valence-electron chi connectivity index (χ4n) is 5.15. The van der Waals surface area contributed by atoms with Gasteiger partial charge in [0, 0.05) is 49.1 Å². The zero-order chi connectivity index (χ0) is 21.8. The van der Waals surface area contributed by atoms with Crippen LogP contribution >= 0.6 is 11.6 Å². The summed E-state index contributed by atoms with van der Waals surface area (Å²) < 4.78 is 0. The van der Waals surface area contributed by atoms with Gasteiger partial charge in [-0.15, -0.1) is 0 Å². The van der Waals surface area contributed by atoms with E-state index in [2.05, 4.69) is 34.2 Å². The lowest BCUT2D eigenvalue weighted by atomic mass is 9.75. The smallest absolute Gasteiger partial charge is 0.235 e. The molecule has 1 saturated heterocycles. The standard InChI is InChI=1S/C25H33ClN4O/c1-2-25(21-7-3-4-8-22(21)28-24(25)31)11-5-6-12-29-13-15-30(16-14-29)23-10-9-20(26)17-19(23)18-27/h3-4,7-10,17H,2,5-6,11-16,18,27H2,1H3,(H,28,31). The number of amides is 1. The van der Waals surface area contributed by atoms with Crippen molar-refractivity contribution in [2.75, 3.05) is 42.9 Å². The Kier molecular flexibility index (Phi) is 6.85. The first-order chi connectivity index (χ1) is 15.1. The molecule has 0 radical (unpaired) electrons. The van der Waals surface area contributed by atoms with Crippen LogP contribution in [0.1, 0.15) is 43.7 Å². The lowest BCUT2D eigenvalue weighted by molar-refractivity contribution is -0.121. The second-order valence-corrected chi connectivity index (χ2v) is 9.13. The third-order valence-corrected chi connectivity index (χ3v) is 7.27. The van der Waals surface area contributed by atoms with E-state index >= 15 is 0 Å². The molecular formula is C25H33ClN4O. The van der Waals surface area contributed by atoms with E-state index in [1.807, 2.05) is 30.3 Å². The number of benzene rings is 2. The van der Waals surface area contributed by atoms with Gasteiger partial charge in [0.05, 0.1) is 5.41 Å². The number of anilines is 2. The summed E-state index contributed by atoms with van der Waals surface area (Å²) in [6, 6.07) is 14.2. The molecule has 1 amide bonds. The third-order valence-electron chi connectivity index (χ3n) is 7.03. The molecule has 2 aliphatic rings. The maximum atomic E-state index is 12.8. The van der Waals surface area contributed by atoms with E-state index in [4.69, 9.17) is 17.3 Å². The number of nitrogens with zero attached hydrogens (tertiary/aromatic N) is 2. The molecule has 3 N–H and O–H groups in total. The predicted octanol–water partition coefficient (Wildman–Crippen LogP) is 4.39. The molecule has 2 heterocycles. The van der Waals surface area contributed by atoms with Crippen molar-refractivity contribution in [3.8, 4) is 0 Å². The summed E-state index contributed by atoms with van der Waals surface area (Å²) in [5.41, 5.74) is 10.1. The van der Waals surface area contributed by atoms with Crippen molar-refractivity contribution in [1.29, 1.82) is 0 Å². The first-order valence-corrected chi connectivity index (χ1v) is 11.8. The lowest BCUT2D eigenvalue weighted by Gasteiger charge is -2.37. The maximum absolute atomic E-state index is 12.8. The molecule has 1 unspecified atom stereocenters. The summed E-state index contributed by atoms with van der Waals surface area (Å²) >= 11 is 6.13. The Morgan fingerprint density at radius 2 is 1.87 bits per heavy atom. The highest BCUT2D eigenvalue weighted by atomic mass is 35.5. The van der Waals surface area contributed by atoms with Gasteiger partial charge >= 0.3 is 0 Å². The minimum atomic E-state index is -0.359. The summed E-state index contributed by atoms with van der Waals surface area (Å²) in [4.78, 5) is 17.7. The lowest BCUT2D eigenvalue weighted by Crippen LogP contribution is -2.47. The molecule has 2 aromatic carbocycles. The number of carbonyl (C=O) groups excluding carboxylic acids is 1. The summed E-state index contributed by atoms with van der Waals surface area (Å²) in [5.74, 6) is 0.170. The molecule has 6 heteroatoms. The predicted molar refractivity (Wildman–Crippen MR) is 129 cm³/mol. The fraction of sp³-hybridized carbons (Fsp3) is 0.480. The molecule has 5 nitrogen and oxygen atoms in total. The van der Waals surface area contributed by atoms with Crippen molar-refractivity contribution in [3.05, 3.63) is 58.6 Å². The van der Waals surface area contributed by atoms with Gasteiger partial charge in [-0.05, 0) is 61.2 Å². The summed E-state index contributed by atoms with van der Waals surface area (Å²) in [7, 11) is 0. The van der Waals surface area contributed by atoms with E-state index in [1.165, 1.54) is 11.3 Å². The average molecular weight is 441 g/mol. The number of nitrogens with two attached hydrogens (primary N) is 1. The highest BCUT2D eigenvalue weighted by Crippen LogP contribution is 2.43. The number of para-hydroxylation sites is 1. The van der Waals surface area contributed by atoms with Crippen molar-refractivity contribution >= 4 is 28.9 Å². The molecule has 166 valence electrons. The number of rotatable bonds is 8. The van der Waals surface area contributed by atoms with Gasteiger partial charge in [0.15, 0.2) is 0 Å². The monoisotopic (exact) mass is 440 g/mol. The van der Waals surface area contributed by atoms with Crippen LogP contribution in [0.5, 0.6) is 0 Å². The van der Waals surface area contributed by atoms with Crippen LogP contribution in [0.15, 0.2) is 42.5 Å². The number of carbonyl (C=O) groups is 1. The van der Waals surface area contributed by atoms with E-state index in [9.17, 15) is 4.79 Å². The quantitative estimate of drug-likeness (QED) is 0.597. The van der Waals surface area contributed by atoms with Crippen LogP contribution in [0.4, 0.5) is 11.4 Å². The topological polar surface area (TPSA) is 61.6 Å². The molecule has 2 aliphatic heterocycles. The molecule has 0 aromatic heterocycles. The Hall–Kier alpha value is -2.08. The second-order valence-electron chi connectivity index (χ2n) is 8.70. The first kappa shape index (κ1) is 22.1. The van der Waals surface area contributed by atoms with E-state index in [0.29, 0.717) is 6.54 Å². The largest absolute Gasteiger partial charge is 0.369 e. The zero-order valence-electron chi connectivity index (χ0n) is 18.4. The van der Waals surface area contributed by atoms with Crippen molar-refractivity contribution < 1.29 is 4.79 Å². The van der Waals surface area contributed by atoms with Crippen LogP contribution in [0, 0.1) is 0 Å². The summed E-state index contributed by atoms with van der Waals surface area (Å²) in [5, 5.41) is 3.83. The van der Waals surface area contributed by atoms with Gasteiger partial charge in [-0.2, -0.15) is 0 Å². The van der Waals surface area contributed by atoms with Crippen LogP contribution in [0.25, 0.3) is 0 Å². The van der Waals surface area contributed by atoms with Gasteiger partial charge in [-0.1, -0.05) is 43.1 Å². The Balaban J connectivity index is 1.27. The van der Waals surface area contributed by atoms with E-state index in [0.717, 1.165) is 74.7 Å². The van der Waals surface area contributed by atoms with Gasteiger partial charge in [0.25, 0.3) is 0 Å². The van der Waals surface area contributed by atoms with Crippen LogP contribution in [-0.2, 0) is 16.8 Å². The summed E-state index contributed by atoms with van der Waals surface area (Å²) in [6.45, 7) is 7.83. The molecule has 1 atom stereocenters. The van der Waals surface area contributed by atoms with Crippen LogP contribution < -0.4 is 16.0 Å². The van der Waals surface area contributed by atoms with Gasteiger partial charge in [-0.25, -0.2) is 0 Å². The number of fused-ring (bicyclic) bond motifs is 1. The van der Waals surface area contributed by atoms with Gasteiger partial charge in [0.1, 0.15) is 0 Å². The van der Waals surface area contributed by atoms with Crippen LogP contribution in [0.2, 0.25) is 5.02 Å². The molecule has 0 aliphatic carbocycles.